The maximum Gasteiger partial charge on any atom is 0.0404 e. The van der Waals surface area contributed by atoms with Crippen LogP contribution in [-0.2, 0) is 6.42 Å². The van der Waals surface area contributed by atoms with E-state index in [2.05, 4.69) is 58.3 Å². The van der Waals surface area contributed by atoms with Gasteiger partial charge in [-0.05, 0) is 62.9 Å². The van der Waals surface area contributed by atoms with E-state index in [9.17, 15) is 0 Å². The zero-order valence-corrected chi connectivity index (χ0v) is 13.4. The topological polar surface area (TPSA) is 15.3 Å². The zero-order valence-electron chi connectivity index (χ0n) is 11.8. The molecule has 0 aromatic heterocycles. The van der Waals surface area contributed by atoms with E-state index in [-0.39, 0.29) is 0 Å². The van der Waals surface area contributed by atoms with Crippen LogP contribution in [0.5, 0.6) is 0 Å². The van der Waals surface area contributed by atoms with Crippen LogP contribution in [0, 0.1) is 0 Å². The summed E-state index contributed by atoms with van der Waals surface area (Å²) < 4.78 is 1.20. The minimum atomic E-state index is 0.717. The summed E-state index contributed by atoms with van der Waals surface area (Å²) in [5.41, 5.74) is 2.96. The van der Waals surface area contributed by atoms with Gasteiger partial charge in [-0.2, -0.15) is 0 Å². The van der Waals surface area contributed by atoms with Crippen molar-refractivity contribution in [1.29, 1.82) is 0 Å². The molecule has 2 aliphatic heterocycles. The van der Waals surface area contributed by atoms with Crippen LogP contribution in [0.1, 0.15) is 38.2 Å². The van der Waals surface area contributed by atoms with Gasteiger partial charge in [0, 0.05) is 28.3 Å². The summed E-state index contributed by atoms with van der Waals surface area (Å²) in [6.07, 6.45) is 6.43. The molecule has 3 heteroatoms. The van der Waals surface area contributed by atoms with E-state index in [1.54, 1.807) is 0 Å². The summed E-state index contributed by atoms with van der Waals surface area (Å²) in [7, 11) is 2.11. The van der Waals surface area contributed by atoms with Crippen LogP contribution in [-0.4, -0.2) is 25.2 Å². The van der Waals surface area contributed by atoms with Gasteiger partial charge in [-0.25, -0.2) is 0 Å². The number of hydrogen-bond acceptors (Lipinski definition) is 2. The number of aryl methyl sites for hydroxylation is 1. The van der Waals surface area contributed by atoms with Crippen molar-refractivity contribution in [2.24, 2.45) is 0 Å². The Morgan fingerprint density at radius 2 is 1.95 bits per heavy atom. The normalized spacial score (nSPS) is 29.8. The predicted octanol–water partition coefficient (Wildman–Crippen LogP) is 3.73. The monoisotopic (exact) mass is 322 g/mol. The Morgan fingerprint density at radius 1 is 1.26 bits per heavy atom. The molecule has 2 unspecified atom stereocenters. The van der Waals surface area contributed by atoms with E-state index in [1.165, 1.54) is 41.4 Å². The third-order valence-electron chi connectivity index (χ3n) is 4.84. The molecule has 2 nitrogen and oxygen atoms in total. The van der Waals surface area contributed by atoms with Gasteiger partial charge in [-0.15, -0.1) is 0 Å². The van der Waals surface area contributed by atoms with Crippen molar-refractivity contribution in [2.45, 2.75) is 57.2 Å². The largest absolute Gasteiger partial charge is 0.365 e. The third-order valence-corrected chi connectivity index (χ3v) is 5.34. The van der Waals surface area contributed by atoms with E-state index >= 15 is 0 Å². The lowest BCUT2D eigenvalue weighted by atomic mass is 9.95. The van der Waals surface area contributed by atoms with Gasteiger partial charge in [0.25, 0.3) is 0 Å². The third kappa shape index (κ3) is 2.43. The number of piperidine rings is 1. The molecule has 0 amide bonds. The Morgan fingerprint density at radius 3 is 2.53 bits per heavy atom. The average molecular weight is 323 g/mol. The van der Waals surface area contributed by atoms with Crippen LogP contribution in [0.25, 0.3) is 0 Å². The molecule has 2 atom stereocenters. The minimum Gasteiger partial charge on any atom is -0.365 e. The van der Waals surface area contributed by atoms with Crippen molar-refractivity contribution in [3.63, 3.8) is 0 Å². The van der Waals surface area contributed by atoms with E-state index in [1.807, 2.05) is 0 Å². The predicted molar refractivity (Wildman–Crippen MR) is 84.9 cm³/mol. The Labute approximate surface area is 124 Å². The van der Waals surface area contributed by atoms with Crippen LogP contribution in [0.2, 0.25) is 0 Å². The maximum absolute atomic E-state index is 3.60. The molecular formula is C16H23BrN2. The molecule has 0 spiro atoms. The average Bonchev–Trinajstić information content (AvgIpc) is 2.69. The van der Waals surface area contributed by atoms with E-state index in [0.717, 1.165) is 18.5 Å². The molecule has 2 heterocycles. The fraction of sp³-hybridized carbons (Fsp3) is 0.625. The summed E-state index contributed by atoms with van der Waals surface area (Å²) >= 11 is 3.60. The highest BCUT2D eigenvalue weighted by Gasteiger charge is 2.40. The number of nitrogens with one attached hydrogen (secondary N) is 1. The van der Waals surface area contributed by atoms with Crippen molar-refractivity contribution in [3.05, 3.63) is 28.2 Å². The van der Waals surface area contributed by atoms with Crippen LogP contribution in [0.15, 0.2) is 22.7 Å². The van der Waals surface area contributed by atoms with Gasteiger partial charge >= 0.3 is 0 Å². The van der Waals surface area contributed by atoms with Crippen LogP contribution in [0.3, 0.4) is 0 Å². The van der Waals surface area contributed by atoms with Gasteiger partial charge in [0.1, 0.15) is 0 Å². The van der Waals surface area contributed by atoms with Crippen molar-refractivity contribution in [1.82, 2.24) is 5.32 Å². The number of rotatable bonds is 3. The van der Waals surface area contributed by atoms with Crippen molar-refractivity contribution in [2.75, 3.05) is 11.9 Å². The highest BCUT2D eigenvalue weighted by molar-refractivity contribution is 9.10. The first-order chi connectivity index (χ1) is 9.22. The number of anilines is 1. The molecule has 1 aromatic carbocycles. The van der Waals surface area contributed by atoms with Gasteiger partial charge in [0.2, 0.25) is 0 Å². The van der Waals surface area contributed by atoms with E-state index in [4.69, 9.17) is 0 Å². The maximum atomic E-state index is 3.60. The fourth-order valence-electron chi connectivity index (χ4n) is 3.90. The number of fused-ring (bicyclic) bond motifs is 2. The van der Waals surface area contributed by atoms with E-state index in [0.29, 0.717) is 6.04 Å². The first kappa shape index (κ1) is 13.4. The van der Waals surface area contributed by atoms with Crippen molar-refractivity contribution < 1.29 is 0 Å². The number of halogens is 1. The molecule has 19 heavy (non-hydrogen) atoms. The summed E-state index contributed by atoms with van der Waals surface area (Å²) in [6, 6.07) is 8.99. The van der Waals surface area contributed by atoms with Crippen molar-refractivity contribution >= 4 is 21.6 Å². The molecule has 2 bridgehead atoms. The molecule has 0 saturated carbocycles. The summed E-state index contributed by atoms with van der Waals surface area (Å²) in [4.78, 5) is 2.72. The highest BCUT2D eigenvalue weighted by Crippen LogP contribution is 2.41. The fourth-order valence-corrected chi connectivity index (χ4v) is 4.30. The lowest BCUT2D eigenvalue weighted by molar-refractivity contribution is 0.373. The smallest absolute Gasteiger partial charge is 0.0404 e. The molecular weight excluding hydrogens is 300 g/mol. The standard InChI is InChI=1S/C16H23BrN2/c1-3-11-8-12(17)4-7-16(11)19-14-5-6-15(19)10-13(9-14)18-2/h4,7-8,13-15,18H,3,5-6,9-10H2,1-2H3. The van der Waals surface area contributed by atoms with Crippen molar-refractivity contribution in [3.8, 4) is 0 Å². The second-order valence-electron chi connectivity index (χ2n) is 5.88. The highest BCUT2D eigenvalue weighted by atomic mass is 79.9. The molecule has 2 fully saturated rings. The number of nitrogens with zero attached hydrogens (tertiary/aromatic N) is 1. The first-order valence-electron chi connectivity index (χ1n) is 7.47. The van der Waals surface area contributed by atoms with Crippen LogP contribution in [0.4, 0.5) is 5.69 Å². The van der Waals surface area contributed by atoms with Gasteiger partial charge in [0.05, 0.1) is 0 Å². The Bertz CT molecular complexity index is 446. The molecule has 3 rings (SSSR count). The molecule has 0 aliphatic carbocycles. The number of hydrogen-bond donors (Lipinski definition) is 1. The summed E-state index contributed by atoms with van der Waals surface area (Å²) in [6.45, 7) is 2.26. The first-order valence-corrected chi connectivity index (χ1v) is 8.26. The summed E-state index contributed by atoms with van der Waals surface area (Å²) in [5.74, 6) is 0. The number of benzene rings is 1. The Hall–Kier alpha value is -0.540. The molecule has 1 N–H and O–H groups in total. The lowest BCUT2D eigenvalue weighted by Crippen LogP contribution is -2.48. The van der Waals surface area contributed by atoms with Crippen LogP contribution < -0.4 is 10.2 Å². The zero-order chi connectivity index (χ0) is 13.4. The molecule has 2 saturated heterocycles. The SMILES string of the molecule is CCc1cc(Br)ccc1N1C2CCC1CC(NC)C2. The lowest BCUT2D eigenvalue weighted by Gasteiger charge is -2.41. The van der Waals surface area contributed by atoms with E-state index < -0.39 is 0 Å². The second kappa shape index (κ2) is 5.45. The molecule has 104 valence electrons. The summed E-state index contributed by atoms with van der Waals surface area (Å²) in [5, 5.41) is 3.48. The second-order valence-corrected chi connectivity index (χ2v) is 6.79. The van der Waals surface area contributed by atoms with Crippen LogP contribution >= 0.6 is 15.9 Å². The Kier molecular flexibility index (Phi) is 3.86. The van der Waals surface area contributed by atoms with Gasteiger partial charge < -0.3 is 10.2 Å². The molecule has 0 radical (unpaired) electrons. The van der Waals surface area contributed by atoms with Gasteiger partial charge in [0.15, 0.2) is 0 Å². The van der Waals surface area contributed by atoms with Gasteiger partial charge in [-0.3, -0.25) is 0 Å². The minimum absolute atomic E-state index is 0.717. The Balaban J connectivity index is 1.91. The van der Waals surface area contributed by atoms with Gasteiger partial charge in [-0.1, -0.05) is 22.9 Å². The molecule has 2 aliphatic rings. The molecule has 1 aromatic rings. The quantitative estimate of drug-likeness (QED) is 0.912.